The van der Waals surface area contributed by atoms with Crippen LogP contribution in [0.15, 0.2) is 6.07 Å². The molecule has 64 valence electrons. The fraction of sp³-hybridized carbons (Fsp3) is 0.200. The molecule has 0 unspecified atom stereocenters. The van der Waals surface area contributed by atoms with E-state index in [1.807, 2.05) is 13.0 Å². The molecule has 0 amide bonds. The first kappa shape index (κ1) is 6.40. The molecule has 0 aliphatic heterocycles. The second-order valence-electron chi connectivity index (χ2n) is 2.63. The van der Waals surface area contributed by atoms with Gasteiger partial charge in [0, 0.05) is 11.8 Å². The van der Waals surface area contributed by atoms with Gasteiger partial charge in [-0.3, -0.25) is 0 Å². The van der Waals surface area contributed by atoms with E-state index in [0.717, 1.165) is 5.69 Å². The fourth-order valence-electron chi connectivity index (χ4n) is 1.22. The summed E-state index contributed by atoms with van der Waals surface area (Å²) in [6.45, 7) is 1.89. The number of tetrazole rings is 2. The van der Waals surface area contributed by atoms with Gasteiger partial charge in [-0.2, -0.15) is 9.03 Å². The van der Waals surface area contributed by atoms with Gasteiger partial charge in [0.05, 0.1) is 0 Å². The Labute approximate surface area is 71.2 Å². The third-order valence-electron chi connectivity index (χ3n) is 1.81. The highest BCUT2D eigenvalue weighted by Gasteiger charge is 2.07. The lowest BCUT2D eigenvalue weighted by atomic mass is 10.4. The standard InChI is InChI=1S/C5H4N8/c1-3-2-4-6-8-11-13(4)5-7-9-10-12(3)5/h2H,1H3. The van der Waals surface area contributed by atoms with Gasteiger partial charge < -0.3 is 0 Å². The highest BCUT2D eigenvalue weighted by molar-refractivity contribution is 5.45. The molecular formula is C5H4N8. The van der Waals surface area contributed by atoms with Crippen LogP contribution in [0.25, 0.3) is 11.4 Å². The lowest BCUT2D eigenvalue weighted by Gasteiger charge is -1.95. The van der Waals surface area contributed by atoms with Crippen molar-refractivity contribution in [2.75, 3.05) is 0 Å². The molecule has 8 heteroatoms. The van der Waals surface area contributed by atoms with Crippen LogP contribution in [0.1, 0.15) is 5.69 Å². The van der Waals surface area contributed by atoms with Crippen LogP contribution in [-0.2, 0) is 0 Å². The van der Waals surface area contributed by atoms with Crippen LogP contribution in [0.2, 0.25) is 0 Å². The van der Waals surface area contributed by atoms with E-state index in [2.05, 4.69) is 31.1 Å². The molecule has 0 spiro atoms. The van der Waals surface area contributed by atoms with Crippen LogP contribution >= 0.6 is 0 Å². The zero-order valence-corrected chi connectivity index (χ0v) is 6.66. The number of rotatable bonds is 0. The number of nitrogens with zero attached hydrogens (tertiary/aromatic N) is 8. The molecule has 0 N–H and O–H groups in total. The van der Waals surface area contributed by atoms with E-state index in [9.17, 15) is 0 Å². The van der Waals surface area contributed by atoms with Gasteiger partial charge in [-0.05, 0) is 27.8 Å². The predicted octanol–water partition coefficient (Wildman–Crippen LogP) is -1.13. The minimum atomic E-state index is 0.514. The Morgan fingerprint density at radius 1 is 1.08 bits per heavy atom. The summed E-state index contributed by atoms with van der Waals surface area (Å²) in [6, 6.07) is 1.81. The third kappa shape index (κ3) is 0.687. The highest BCUT2D eigenvalue weighted by Crippen LogP contribution is 2.04. The molecule has 3 aromatic rings. The third-order valence-corrected chi connectivity index (χ3v) is 1.81. The summed E-state index contributed by atoms with van der Waals surface area (Å²) in [5.41, 5.74) is 1.53. The first-order chi connectivity index (χ1) is 6.36. The molecule has 0 aliphatic rings. The van der Waals surface area contributed by atoms with Gasteiger partial charge in [0.1, 0.15) is 0 Å². The molecule has 3 rings (SSSR count). The highest BCUT2D eigenvalue weighted by atomic mass is 15.6. The van der Waals surface area contributed by atoms with E-state index < -0.39 is 0 Å². The van der Waals surface area contributed by atoms with Gasteiger partial charge in [0.15, 0.2) is 5.65 Å². The SMILES string of the molecule is Cc1cc2nnnn2c2nnnn12. The van der Waals surface area contributed by atoms with E-state index >= 15 is 0 Å². The van der Waals surface area contributed by atoms with Gasteiger partial charge in [0.25, 0.3) is 5.78 Å². The number of fused-ring (bicyclic) bond motifs is 3. The van der Waals surface area contributed by atoms with Gasteiger partial charge in [0.2, 0.25) is 0 Å². The second kappa shape index (κ2) is 1.97. The van der Waals surface area contributed by atoms with Gasteiger partial charge >= 0.3 is 0 Å². The number of aryl methyl sites for hydroxylation is 1. The maximum atomic E-state index is 3.80. The quantitative estimate of drug-likeness (QED) is 0.430. The van der Waals surface area contributed by atoms with Crippen LogP contribution in [0.5, 0.6) is 0 Å². The lowest BCUT2D eigenvalue weighted by Crippen LogP contribution is -2.01. The molecule has 0 radical (unpaired) electrons. The van der Waals surface area contributed by atoms with Crippen LogP contribution < -0.4 is 0 Å². The molecule has 0 bridgehead atoms. The summed E-state index contributed by atoms with van der Waals surface area (Å²) in [4.78, 5) is 0. The van der Waals surface area contributed by atoms with Crippen molar-refractivity contribution in [3.8, 4) is 0 Å². The smallest absolute Gasteiger partial charge is 0.181 e. The number of aromatic nitrogens is 8. The molecule has 13 heavy (non-hydrogen) atoms. The summed E-state index contributed by atoms with van der Waals surface area (Å²) >= 11 is 0. The molecule has 0 aliphatic carbocycles. The van der Waals surface area contributed by atoms with Crippen molar-refractivity contribution < 1.29 is 0 Å². The van der Waals surface area contributed by atoms with Crippen LogP contribution in [-0.4, -0.2) is 40.1 Å². The Morgan fingerprint density at radius 2 is 1.85 bits per heavy atom. The van der Waals surface area contributed by atoms with Crippen molar-refractivity contribution >= 4 is 11.4 Å². The molecule has 8 nitrogen and oxygen atoms in total. The van der Waals surface area contributed by atoms with Crippen molar-refractivity contribution in [3.05, 3.63) is 11.8 Å². The lowest BCUT2D eigenvalue weighted by molar-refractivity contribution is 0.781. The average molecular weight is 176 g/mol. The largest absolute Gasteiger partial charge is 0.278 e. The maximum absolute atomic E-state index is 3.80. The Morgan fingerprint density at radius 3 is 2.77 bits per heavy atom. The van der Waals surface area contributed by atoms with Gasteiger partial charge in [-0.1, -0.05) is 5.10 Å². The Balaban J connectivity index is 2.70. The fourth-order valence-corrected chi connectivity index (χ4v) is 1.22. The molecule has 0 fully saturated rings. The molecule has 3 aromatic heterocycles. The summed E-state index contributed by atoms with van der Waals surface area (Å²) in [6.07, 6.45) is 0. The Kier molecular flexibility index (Phi) is 0.971. The summed E-state index contributed by atoms with van der Waals surface area (Å²) in [7, 11) is 0. The molecule has 0 aromatic carbocycles. The number of hydrogen-bond acceptors (Lipinski definition) is 6. The summed E-state index contributed by atoms with van der Waals surface area (Å²) < 4.78 is 3.05. The minimum Gasteiger partial charge on any atom is -0.181 e. The summed E-state index contributed by atoms with van der Waals surface area (Å²) in [5.74, 6) is 0.514. The van der Waals surface area contributed by atoms with Crippen LogP contribution in [0, 0.1) is 6.92 Å². The Hall–Kier alpha value is -2.12. The molecule has 0 atom stereocenters. The topological polar surface area (TPSA) is 86.2 Å². The van der Waals surface area contributed by atoms with Crippen molar-refractivity contribution in [1.82, 2.24) is 40.1 Å². The van der Waals surface area contributed by atoms with E-state index in [4.69, 9.17) is 0 Å². The predicted molar refractivity (Wildman–Crippen MR) is 39.9 cm³/mol. The zero-order chi connectivity index (χ0) is 8.84. The molecular weight excluding hydrogens is 172 g/mol. The minimum absolute atomic E-state index is 0.514. The van der Waals surface area contributed by atoms with Crippen molar-refractivity contribution in [2.45, 2.75) is 6.92 Å². The van der Waals surface area contributed by atoms with Gasteiger partial charge in [-0.25, -0.2) is 0 Å². The Bertz CT molecular complexity index is 576. The average Bonchev–Trinajstić information content (AvgIpc) is 2.66. The first-order valence-electron chi connectivity index (χ1n) is 3.62. The van der Waals surface area contributed by atoms with Gasteiger partial charge in [-0.15, -0.1) is 5.10 Å². The maximum Gasteiger partial charge on any atom is 0.278 e. The van der Waals surface area contributed by atoms with Crippen LogP contribution in [0.3, 0.4) is 0 Å². The second-order valence-corrected chi connectivity index (χ2v) is 2.63. The summed E-state index contributed by atoms with van der Waals surface area (Å²) in [5, 5.41) is 22.2. The molecule has 3 heterocycles. The van der Waals surface area contributed by atoms with Crippen LogP contribution in [0.4, 0.5) is 0 Å². The van der Waals surface area contributed by atoms with Crippen molar-refractivity contribution in [2.24, 2.45) is 0 Å². The van der Waals surface area contributed by atoms with E-state index in [1.54, 1.807) is 4.52 Å². The van der Waals surface area contributed by atoms with E-state index in [-0.39, 0.29) is 0 Å². The van der Waals surface area contributed by atoms with Crippen molar-refractivity contribution in [3.63, 3.8) is 0 Å². The normalized spacial score (nSPS) is 11.5. The first-order valence-corrected chi connectivity index (χ1v) is 3.62. The molecule has 0 saturated heterocycles. The zero-order valence-electron chi connectivity index (χ0n) is 6.66. The molecule has 0 saturated carbocycles. The number of hydrogen-bond donors (Lipinski definition) is 0. The van der Waals surface area contributed by atoms with E-state index in [1.165, 1.54) is 4.52 Å². The monoisotopic (exact) mass is 176 g/mol. The van der Waals surface area contributed by atoms with E-state index in [0.29, 0.717) is 11.4 Å². The van der Waals surface area contributed by atoms with Crippen molar-refractivity contribution in [1.29, 1.82) is 0 Å².